The summed E-state index contributed by atoms with van der Waals surface area (Å²) in [5.74, 6) is 0. The van der Waals surface area contributed by atoms with Gasteiger partial charge < -0.3 is 0 Å². The maximum Gasteiger partial charge on any atom is 0.249 e. The molecule has 0 amide bonds. The van der Waals surface area contributed by atoms with Crippen molar-refractivity contribution < 1.29 is 8.42 Å². The minimum absolute atomic E-state index is 0.812. The molecular formula is C12H8O2S2. The van der Waals surface area contributed by atoms with Crippen LogP contribution in [0.15, 0.2) is 58.3 Å². The van der Waals surface area contributed by atoms with Gasteiger partial charge in [0.25, 0.3) is 0 Å². The van der Waals surface area contributed by atoms with Crippen molar-refractivity contribution in [2.75, 3.05) is 0 Å². The molecule has 0 aromatic heterocycles. The molecule has 0 aliphatic carbocycles. The molecule has 80 valence electrons. The smallest absolute Gasteiger partial charge is 0.177 e. The highest BCUT2D eigenvalue weighted by Gasteiger charge is 2.23. The molecular weight excluding hydrogens is 240 g/mol. The Hall–Kier alpha value is -1.39. The molecule has 0 radical (unpaired) electrons. The van der Waals surface area contributed by atoms with Gasteiger partial charge in [-0.15, -0.1) is 0 Å². The van der Waals surface area contributed by atoms with Gasteiger partial charge in [-0.1, -0.05) is 36.4 Å². The van der Waals surface area contributed by atoms with E-state index in [0.717, 1.165) is 20.9 Å². The predicted octanol–water partition coefficient (Wildman–Crippen LogP) is 2.50. The summed E-state index contributed by atoms with van der Waals surface area (Å²) in [5.41, 5.74) is 2.09. The van der Waals surface area contributed by atoms with Gasteiger partial charge in [0.2, 0.25) is 9.26 Å². The molecule has 3 rings (SSSR count). The molecule has 0 unspecified atom stereocenters. The van der Waals surface area contributed by atoms with E-state index >= 15 is 0 Å². The largest absolute Gasteiger partial charge is 0.249 e. The zero-order chi connectivity index (χ0) is 11.1. The van der Waals surface area contributed by atoms with Crippen LogP contribution in [0.1, 0.15) is 0 Å². The van der Waals surface area contributed by atoms with Crippen molar-refractivity contribution >= 4 is 18.7 Å². The third-order valence-electron chi connectivity index (χ3n) is 2.60. The molecule has 0 saturated carbocycles. The lowest BCUT2D eigenvalue weighted by atomic mass is 10.1. The summed E-state index contributed by atoms with van der Waals surface area (Å²) in [7, 11) is -2.90. The van der Waals surface area contributed by atoms with Crippen LogP contribution >= 0.6 is 0 Å². The number of fused-ring (bicyclic) bond motifs is 3. The fourth-order valence-corrected chi connectivity index (χ4v) is 5.41. The van der Waals surface area contributed by atoms with Gasteiger partial charge in [-0.2, -0.15) is 8.42 Å². The van der Waals surface area contributed by atoms with Crippen LogP contribution in [0.2, 0.25) is 0 Å². The van der Waals surface area contributed by atoms with Crippen molar-refractivity contribution in [2.45, 2.75) is 9.79 Å². The molecule has 16 heavy (non-hydrogen) atoms. The van der Waals surface area contributed by atoms with Crippen LogP contribution in [-0.4, -0.2) is 8.42 Å². The molecule has 0 N–H and O–H groups in total. The monoisotopic (exact) mass is 248 g/mol. The number of hydrogen-bond donors (Lipinski definition) is 0. The highest BCUT2D eigenvalue weighted by molar-refractivity contribution is 8.34. The summed E-state index contributed by atoms with van der Waals surface area (Å²) >= 11 is 0. The third kappa shape index (κ3) is 1.27. The summed E-state index contributed by atoms with van der Waals surface area (Å²) in [4.78, 5) is 1.83. The predicted molar refractivity (Wildman–Crippen MR) is 64.7 cm³/mol. The van der Waals surface area contributed by atoms with Crippen LogP contribution in [-0.2, 0) is 18.7 Å². The van der Waals surface area contributed by atoms with Crippen molar-refractivity contribution in [1.29, 1.82) is 0 Å². The molecule has 1 aliphatic rings. The second-order valence-corrected chi connectivity index (χ2v) is 7.11. The Kier molecular flexibility index (Phi) is 2.19. The Morgan fingerprint density at radius 2 is 1.19 bits per heavy atom. The van der Waals surface area contributed by atoms with E-state index in [1.807, 2.05) is 48.5 Å². The Morgan fingerprint density at radius 3 is 1.62 bits per heavy atom. The van der Waals surface area contributed by atoms with Crippen LogP contribution in [0.3, 0.4) is 0 Å². The first-order valence-electron chi connectivity index (χ1n) is 4.81. The lowest BCUT2D eigenvalue weighted by molar-refractivity contribution is 0.628. The van der Waals surface area contributed by atoms with E-state index < -0.39 is 18.7 Å². The fraction of sp³-hybridized carbons (Fsp3) is 0. The molecule has 0 fully saturated rings. The van der Waals surface area contributed by atoms with Gasteiger partial charge in [-0.3, -0.25) is 0 Å². The van der Waals surface area contributed by atoms with E-state index in [9.17, 15) is 8.42 Å². The van der Waals surface area contributed by atoms with Crippen LogP contribution < -0.4 is 0 Å². The maximum absolute atomic E-state index is 11.3. The zero-order valence-electron chi connectivity index (χ0n) is 8.25. The summed E-state index contributed by atoms with van der Waals surface area (Å²) in [6.07, 6.45) is 0. The molecule has 0 bridgehead atoms. The van der Waals surface area contributed by atoms with Gasteiger partial charge in [0, 0.05) is 9.79 Å². The molecule has 0 atom stereocenters. The third-order valence-corrected chi connectivity index (χ3v) is 6.28. The molecule has 2 aromatic rings. The van der Waals surface area contributed by atoms with E-state index in [-0.39, 0.29) is 0 Å². The molecule has 2 nitrogen and oxygen atoms in total. The number of benzene rings is 2. The molecule has 1 heterocycles. The van der Waals surface area contributed by atoms with Gasteiger partial charge in [-0.25, -0.2) is 0 Å². The van der Waals surface area contributed by atoms with E-state index in [1.165, 1.54) is 0 Å². The minimum atomic E-state index is -2.09. The molecule has 2 aromatic carbocycles. The standard InChI is InChI=1S/C12H8O2S2/c13-16(14)15-11-7-3-1-5-9(11)10-6-2-4-8-12(10)15/h1-8H. The number of rotatable bonds is 0. The quantitative estimate of drug-likeness (QED) is 0.612. The van der Waals surface area contributed by atoms with Gasteiger partial charge in [0.05, 0.1) is 0 Å². The second-order valence-electron chi connectivity index (χ2n) is 3.47. The first-order valence-corrected chi connectivity index (χ1v) is 7.63. The number of hydrogen-bond acceptors (Lipinski definition) is 2. The van der Waals surface area contributed by atoms with Crippen LogP contribution in [0, 0.1) is 0 Å². The van der Waals surface area contributed by atoms with Crippen molar-refractivity contribution in [3.63, 3.8) is 0 Å². The van der Waals surface area contributed by atoms with Gasteiger partial charge in [-0.05, 0) is 32.7 Å². The Labute approximate surface area is 96.7 Å². The van der Waals surface area contributed by atoms with E-state index in [1.54, 1.807) is 0 Å². The van der Waals surface area contributed by atoms with E-state index in [4.69, 9.17) is 0 Å². The molecule has 1 aliphatic heterocycles. The first-order chi connectivity index (χ1) is 7.79. The molecule has 4 heteroatoms. The Balaban J connectivity index is 2.54. The minimum Gasteiger partial charge on any atom is -0.177 e. The second kappa shape index (κ2) is 3.57. The summed E-state index contributed by atoms with van der Waals surface area (Å²) < 4.78 is 22.7. The van der Waals surface area contributed by atoms with Crippen LogP contribution in [0.4, 0.5) is 0 Å². The molecule has 0 saturated heterocycles. The normalized spacial score (nSPS) is 13.2. The Morgan fingerprint density at radius 1 is 0.750 bits per heavy atom. The fourth-order valence-electron chi connectivity index (χ4n) is 1.97. The van der Waals surface area contributed by atoms with Crippen molar-refractivity contribution in [3.05, 3.63) is 48.5 Å². The van der Waals surface area contributed by atoms with Gasteiger partial charge in [0.15, 0.2) is 0 Å². The van der Waals surface area contributed by atoms with Crippen molar-refractivity contribution in [3.8, 4) is 11.1 Å². The summed E-state index contributed by atoms with van der Waals surface area (Å²) in [5, 5.41) is 0. The maximum atomic E-state index is 11.3. The summed E-state index contributed by atoms with van der Waals surface area (Å²) in [6.45, 7) is 0. The first kappa shape index (κ1) is 9.81. The Bertz CT molecular complexity index is 660. The lowest BCUT2D eigenvalue weighted by Gasteiger charge is -1.96. The summed E-state index contributed by atoms with van der Waals surface area (Å²) in [6, 6.07) is 15.4. The van der Waals surface area contributed by atoms with E-state index in [0.29, 0.717) is 0 Å². The highest BCUT2D eigenvalue weighted by Crippen LogP contribution is 2.40. The van der Waals surface area contributed by atoms with Crippen molar-refractivity contribution in [1.82, 2.24) is 0 Å². The van der Waals surface area contributed by atoms with Crippen LogP contribution in [0.5, 0.6) is 0 Å². The topological polar surface area (TPSA) is 34.1 Å². The lowest BCUT2D eigenvalue weighted by Crippen LogP contribution is -1.87. The SMILES string of the molecule is O=S(=O)=S1c2ccccc2-c2ccccc21. The van der Waals surface area contributed by atoms with Gasteiger partial charge in [0.1, 0.15) is 0 Å². The average Bonchev–Trinajstić information content (AvgIpc) is 2.63. The van der Waals surface area contributed by atoms with Gasteiger partial charge >= 0.3 is 0 Å². The average molecular weight is 248 g/mol. The van der Waals surface area contributed by atoms with Crippen LogP contribution in [0.25, 0.3) is 11.1 Å². The zero-order valence-corrected chi connectivity index (χ0v) is 9.88. The van der Waals surface area contributed by atoms with Crippen molar-refractivity contribution in [2.24, 2.45) is 0 Å². The van der Waals surface area contributed by atoms with E-state index in [2.05, 4.69) is 0 Å². The molecule has 0 spiro atoms. The highest BCUT2D eigenvalue weighted by atomic mass is 32.9.